The molecule has 2 N–H and O–H groups in total. The van der Waals surface area contributed by atoms with E-state index in [2.05, 4.69) is 15.6 Å². The number of nitrogens with zero attached hydrogens (tertiary/aromatic N) is 3. The van der Waals surface area contributed by atoms with Gasteiger partial charge in [-0.25, -0.2) is 8.42 Å². The molecular weight excluding hydrogens is 410 g/mol. The van der Waals surface area contributed by atoms with Crippen LogP contribution in [-0.2, 0) is 14.8 Å². The molecule has 2 aromatic rings. The molecule has 0 radical (unpaired) electrons. The second-order valence-corrected chi connectivity index (χ2v) is 8.83. The highest BCUT2D eigenvalue weighted by molar-refractivity contribution is 7.89. The topological polar surface area (TPSA) is 135 Å². The molecule has 1 aromatic heterocycles. The summed E-state index contributed by atoms with van der Waals surface area (Å²) >= 11 is 0. The van der Waals surface area contributed by atoms with Crippen molar-refractivity contribution in [3.8, 4) is 0 Å². The van der Waals surface area contributed by atoms with Crippen LogP contribution in [0.4, 0.5) is 11.4 Å². The van der Waals surface area contributed by atoms with Crippen LogP contribution in [0.25, 0.3) is 0 Å². The van der Waals surface area contributed by atoms with Crippen molar-refractivity contribution < 1.29 is 18.1 Å². The fourth-order valence-corrected chi connectivity index (χ4v) is 4.68. The molecule has 1 aliphatic heterocycles. The van der Waals surface area contributed by atoms with Crippen molar-refractivity contribution in [1.82, 2.24) is 14.6 Å². The Morgan fingerprint density at radius 1 is 1.17 bits per heavy atom. The molecule has 0 atom stereocenters. The molecule has 10 nitrogen and oxygen atoms in total. The zero-order chi connectivity index (χ0) is 21.6. The second kappa shape index (κ2) is 9.63. The number of nitro groups is 1. The van der Waals surface area contributed by atoms with Crippen LogP contribution in [0.1, 0.15) is 12.8 Å². The fourth-order valence-electron chi connectivity index (χ4n) is 3.24. The third-order valence-corrected chi connectivity index (χ3v) is 6.81. The molecule has 1 aromatic carbocycles. The summed E-state index contributed by atoms with van der Waals surface area (Å²) in [6, 6.07) is 9.14. The van der Waals surface area contributed by atoms with E-state index < -0.39 is 14.9 Å². The van der Waals surface area contributed by atoms with Gasteiger partial charge in [0.25, 0.3) is 5.69 Å². The number of aromatic nitrogens is 1. The Hall–Kier alpha value is -3.05. The summed E-state index contributed by atoms with van der Waals surface area (Å²) < 4.78 is 26.6. The minimum Gasteiger partial charge on any atom is -0.383 e. The van der Waals surface area contributed by atoms with Gasteiger partial charge in [0.05, 0.1) is 4.92 Å². The van der Waals surface area contributed by atoms with Crippen LogP contribution in [0.3, 0.4) is 0 Å². The van der Waals surface area contributed by atoms with Crippen LogP contribution in [0.15, 0.2) is 53.7 Å². The van der Waals surface area contributed by atoms with Crippen LogP contribution in [0.5, 0.6) is 0 Å². The number of nitrogens with one attached hydrogen (secondary N) is 2. The summed E-state index contributed by atoms with van der Waals surface area (Å²) in [6.45, 7) is 1.44. The lowest BCUT2D eigenvalue weighted by Gasteiger charge is -2.30. The third-order valence-electron chi connectivity index (χ3n) is 4.93. The van der Waals surface area contributed by atoms with Crippen LogP contribution in [-0.4, -0.2) is 54.7 Å². The molecule has 1 saturated heterocycles. The number of non-ortho nitro benzene ring substituents is 1. The smallest absolute Gasteiger partial charge is 0.269 e. The van der Waals surface area contributed by atoms with E-state index in [0.29, 0.717) is 25.9 Å². The van der Waals surface area contributed by atoms with Gasteiger partial charge in [0, 0.05) is 62.3 Å². The average Bonchev–Trinajstić information content (AvgIpc) is 2.77. The molecule has 1 amide bonds. The van der Waals surface area contributed by atoms with Crippen LogP contribution < -0.4 is 10.6 Å². The first kappa shape index (κ1) is 21.7. The lowest BCUT2D eigenvalue weighted by Crippen LogP contribution is -2.43. The van der Waals surface area contributed by atoms with E-state index in [9.17, 15) is 23.3 Å². The first-order valence-electron chi connectivity index (χ1n) is 9.54. The molecule has 0 spiro atoms. The number of carbonyl (C=O) groups excluding carboxylic acids is 1. The monoisotopic (exact) mass is 433 g/mol. The van der Waals surface area contributed by atoms with E-state index in [0.717, 1.165) is 5.69 Å². The Labute approximate surface area is 174 Å². The minimum atomic E-state index is -3.58. The van der Waals surface area contributed by atoms with Gasteiger partial charge in [0.1, 0.15) is 4.90 Å². The van der Waals surface area contributed by atoms with Crippen molar-refractivity contribution >= 4 is 27.3 Å². The van der Waals surface area contributed by atoms with E-state index in [4.69, 9.17) is 0 Å². The summed E-state index contributed by atoms with van der Waals surface area (Å²) in [6.07, 6.45) is 3.76. The standard InChI is InChI=1S/C19H23N5O5S/c25-19(22-11-10-21-16-3-5-17(6-4-16)24(26)27)15-7-12-23(13-8-15)30(28,29)18-2-1-9-20-14-18/h1-6,9,14-15,21H,7-8,10-13H2,(H,22,25). The quantitative estimate of drug-likeness (QED) is 0.367. The number of sulfonamides is 1. The number of hydrogen-bond acceptors (Lipinski definition) is 7. The van der Waals surface area contributed by atoms with Crippen molar-refractivity contribution in [3.05, 3.63) is 58.9 Å². The molecule has 0 saturated carbocycles. The molecule has 0 aliphatic carbocycles. The first-order chi connectivity index (χ1) is 14.4. The van der Waals surface area contributed by atoms with Gasteiger partial charge in [-0.3, -0.25) is 19.9 Å². The highest BCUT2D eigenvalue weighted by atomic mass is 32.2. The largest absolute Gasteiger partial charge is 0.383 e. The molecule has 1 aliphatic rings. The summed E-state index contributed by atoms with van der Waals surface area (Å²) in [7, 11) is -3.58. The third kappa shape index (κ3) is 5.30. The first-order valence-corrected chi connectivity index (χ1v) is 11.0. The van der Waals surface area contributed by atoms with Gasteiger partial charge in [-0.1, -0.05) is 0 Å². The van der Waals surface area contributed by atoms with Crippen molar-refractivity contribution in [2.45, 2.75) is 17.7 Å². The highest BCUT2D eigenvalue weighted by Gasteiger charge is 2.32. The molecule has 3 rings (SSSR count). The number of benzene rings is 1. The predicted octanol–water partition coefficient (Wildman–Crippen LogP) is 1.62. The van der Waals surface area contributed by atoms with Crippen LogP contribution in [0, 0.1) is 16.0 Å². The molecule has 160 valence electrons. The number of amides is 1. The summed E-state index contributed by atoms with van der Waals surface area (Å²) in [4.78, 5) is 26.6. The van der Waals surface area contributed by atoms with Crippen molar-refractivity contribution in [3.63, 3.8) is 0 Å². The van der Waals surface area contributed by atoms with Gasteiger partial charge in [0.15, 0.2) is 0 Å². The van der Waals surface area contributed by atoms with Crippen LogP contribution in [0.2, 0.25) is 0 Å². The maximum absolute atomic E-state index is 12.6. The Morgan fingerprint density at radius 2 is 1.87 bits per heavy atom. The van der Waals surface area contributed by atoms with E-state index in [-0.39, 0.29) is 35.5 Å². The number of rotatable bonds is 8. The number of piperidine rings is 1. The normalized spacial score (nSPS) is 15.5. The Morgan fingerprint density at radius 3 is 2.47 bits per heavy atom. The average molecular weight is 433 g/mol. The second-order valence-electron chi connectivity index (χ2n) is 6.89. The summed E-state index contributed by atoms with van der Waals surface area (Å²) in [5.74, 6) is -0.330. The molecule has 0 bridgehead atoms. The molecular formula is C19H23N5O5S. The van der Waals surface area contributed by atoms with Gasteiger partial charge in [0.2, 0.25) is 15.9 Å². The van der Waals surface area contributed by atoms with E-state index in [1.165, 1.54) is 34.9 Å². The summed E-state index contributed by atoms with van der Waals surface area (Å²) in [5, 5.41) is 16.6. The molecule has 0 unspecified atom stereocenters. The Balaban J connectivity index is 1.40. The highest BCUT2D eigenvalue weighted by Crippen LogP contribution is 2.23. The van der Waals surface area contributed by atoms with E-state index >= 15 is 0 Å². The Bertz CT molecular complexity index is 974. The molecule has 11 heteroatoms. The molecule has 2 heterocycles. The maximum Gasteiger partial charge on any atom is 0.269 e. The van der Waals surface area contributed by atoms with Gasteiger partial charge < -0.3 is 10.6 Å². The minimum absolute atomic E-state index is 0.0192. The number of nitro benzene ring substituents is 1. The lowest BCUT2D eigenvalue weighted by molar-refractivity contribution is -0.384. The molecule has 1 fully saturated rings. The van der Waals surface area contributed by atoms with Gasteiger partial charge >= 0.3 is 0 Å². The van der Waals surface area contributed by atoms with Gasteiger partial charge in [-0.15, -0.1) is 0 Å². The number of carbonyl (C=O) groups is 1. The van der Waals surface area contributed by atoms with E-state index in [1.807, 2.05) is 0 Å². The Kier molecular flexibility index (Phi) is 6.95. The van der Waals surface area contributed by atoms with Gasteiger partial charge in [-0.2, -0.15) is 4.31 Å². The van der Waals surface area contributed by atoms with Crippen LogP contribution >= 0.6 is 0 Å². The number of anilines is 1. The van der Waals surface area contributed by atoms with Crippen molar-refractivity contribution in [1.29, 1.82) is 0 Å². The number of pyridine rings is 1. The van der Waals surface area contributed by atoms with E-state index in [1.54, 1.807) is 18.2 Å². The van der Waals surface area contributed by atoms with Crippen molar-refractivity contribution in [2.75, 3.05) is 31.5 Å². The number of hydrogen-bond donors (Lipinski definition) is 2. The molecule has 30 heavy (non-hydrogen) atoms. The maximum atomic E-state index is 12.6. The predicted molar refractivity (Wildman–Crippen MR) is 110 cm³/mol. The zero-order valence-corrected chi connectivity index (χ0v) is 17.0. The fraction of sp³-hybridized carbons (Fsp3) is 0.368. The SMILES string of the molecule is O=C(NCCNc1ccc([N+](=O)[O-])cc1)C1CCN(S(=O)(=O)c2cccnc2)CC1. The zero-order valence-electron chi connectivity index (χ0n) is 16.2. The lowest BCUT2D eigenvalue weighted by atomic mass is 9.97. The van der Waals surface area contributed by atoms with Gasteiger partial charge in [-0.05, 0) is 37.1 Å². The van der Waals surface area contributed by atoms with Crippen molar-refractivity contribution in [2.24, 2.45) is 5.92 Å². The summed E-state index contributed by atoms with van der Waals surface area (Å²) in [5.41, 5.74) is 0.745.